The minimum absolute atomic E-state index is 0.0715. The number of carbonyl (C=O) groups excluding carboxylic acids is 4. The molecule has 1 fully saturated rings. The number of carbonyl (C=O) groups is 4. The molecule has 0 radical (unpaired) electrons. The summed E-state index contributed by atoms with van der Waals surface area (Å²) in [5, 5.41) is 0.808. The average molecular weight is 548 g/mol. The number of rotatable bonds is 5. The predicted octanol–water partition coefficient (Wildman–Crippen LogP) is 4.44. The van der Waals surface area contributed by atoms with Crippen LogP contribution in [0.5, 0.6) is 0 Å². The standard InChI is InChI=1S/C28H29N5O7/c1-28(2,3)40-26(36)33(5)25-21-22(32(4)14-29-21)17-12-18(30-24(17)31-25)16-8-6-7-15(11-16)13-38-27(37)39-23-19(34)9-10-20(23)35/h6-8,11-12,14,23H,9-10,13H2,1-5H3,(H,30,31). The molecule has 1 aromatic carbocycles. The summed E-state index contributed by atoms with van der Waals surface area (Å²) in [6.45, 7) is 5.27. The molecule has 1 aliphatic carbocycles. The lowest BCUT2D eigenvalue weighted by molar-refractivity contribution is -0.134. The van der Waals surface area contributed by atoms with Crippen molar-refractivity contribution >= 4 is 51.7 Å². The van der Waals surface area contributed by atoms with Crippen LogP contribution >= 0.6 is 0 Å². The number of H-pyrrole nitrogens is 1. The Morgan fingerprint density at radius 3 is 2.58 bits per heavy atom. The molecule has 0 spiro atoms. The molecule has 1 saturated carbocycles. The lowest BCUT2D eigenvalue weighted by Crippen LogP contribution is -2.34. The molecule has 208 valence electrons. The molecule has 12 nitrogen and oxygen atoms in total. The van der Waals surface area contributed by atoms with E-state index in [0.717, 1.165) is 22.2 Å². The Kier molecular flexibility index (Phi) is 6.78. The van der Waals surface area contributed by atoms with Gasteiger partial charge in [-0.3, -0.25) is 14.5 Å². The molecule has 12 heteroatoms. The van der Waals surface area contributed by atoms with Gasteiger partial charge < -0.3 is 23.8 Å². The number of aryl methyl sites for hydroxylation is 1. The maximum atomic E-state index is 12.8. The number of amides is 1. The quantitative estimate of drug-likeness (QED) is 0.283. The number of aromatic amines is 1. The Morgan fingerprint density at radius 1 is 1.15 bits per heavy atom. The maximum absolute atomic E-state index is 12.8. The molecular weight excluding hydrogens is 518 g/mol. The van der Waals surface area contributed by atoms with Gasteiger partial charge in [-0.2, -0.15) is 0 Å². The molecule has 4 aromatic rings. The third-order valence-corrected chi connectivity index (χ3v) is 6.42. The second-order valence-corrected chi connectivity index (χ2v) is 10.6. The number of hydrogen-bond donors (Lipinski definition) is 1. The third kappa shape index (κ3) is 5.24. The van der Waals surface area contributed by atoms with Gasteiger partial charge in [-0.15, -0.1) is 0 Å². The molecule has 0 aliphatic heterocycles. The summed E-state index contributed by atoms with van der Waals surface area (Å²) in [5.74, 6) is -0.482. The largest absolute Gasteiger partial charge is 0.509 e. The van der Waals surface area contributed by atoms with Crippen LogP contribution < -0.4 is 4.90 Å². The fourth-order valence-electron chi connectivity index (χ4n) is 4.51. The van der Waals surface area contributed by atoms with E-state index in [4.69, 9.17) is 19.2 Å². The molecule has 1 N–H and O–H groups in total. The van der Waals surface area contributed by atoms with Crippen LogP contribution in [0.25, 0.3) is 33.3 Å². The van der Waals surface area contributed by atoms with Gasteiger partial charge in [-0.25, -0.2) is 19.6 Å². The number of hydrogen-bond acceptors (Lipinski definition) is 9. The van der Waals surface area contributed by atoms with Gasteiger partial charge in [0.2, 0.25) is 6.10 Å². The van der Waals surface area contributed by atoms with Gasteiger partial charge in [-0.1, -0.05) is 18.2 Å². The maximum Gasteiger partial charge on any atom is 0.509 e. The van der Waals surface area contributed by atoms with Crippen LogP contribution in [0.2, 0.25) is 0 Å². The first-order valence-corrected chi connectivity index (χ1v) is 12.7. The number of ketones is 2. The zero-order valence-corrected chi connectivity index (χ0v) is 22.8. The normalized spacial score (nSPS) is 14.2. The van der Waals surface area contributed by atoms with Gasteiger partial charge in [0.05, 0.1) is 11.8 Å². The second-order valence-electron chi connectivity index (χ2n) is 10.6. The zero-order valence-electron chi connectivity index (χ0n) is 22.8. The Balaban J connectivity index is 1.40. The summed E-state index contributed by atoms with van der Waals surface area (Å²) in [7, 11) is 3.45. The first kappa shape index (κ1) is 26.9. The van der Waals surface area contributed by atoms with Gasteiger partial charge in [0.1, 0.15) is 23.4 Å². The van der Waals surface area contributed by atoms with E-state index in [-0.39, 0.29) is 19.4 Å². The lowest BCUT2D eigenvalue weighted by atomic mass is 10.1. The van der Waals surface area contributed by atoms with Crippen molar-refractivity contribution in [1.29, 1.82) is 0 Å². The highest BCUT2D eigenvalue weighted by Gasteiger charge is 2.36. The molecule has 1 aliphatic rings. The van der Waals surface area contributed by atoms with Crippen LogP contribution in [0.4, 0.5) is 15.4 Å². The zero-order chi connectivity index (χ0) is 28.8. The molecule has 0 atom stereocenters. The number of imidazole rings is 1. The summed E-state index contributed by atoms with van der Waals surface area (Å²) in [6, 6.07) is 9.24. The topological polar surface area (TPSA) is 146 Å². The summed E-state index contributed by atoms with van der Waals surface area (Å²) in [4.78, 5) is 62.1. The molecule has 0 unspecified atom stereocenters. The van der Waals surface area contributed by atoms with Crippen LogP contribution in [0.15, 0.2) is 36.7 Å². The van der Waals surface area contributed by atoms with Crippen molar-refractivity contribution in [1.82, 2.24) is 19.5 Å². The highest BCUT2D eigenvalue weighted by atomic mass is 16.7. The summed E-state index contributed by atoms with van der Waals surface area (Å²) in [6.07, 6.45) is -1.19. The number of nitrogens with one attached hydrogen (secondary N) is 1. The predicted molar refractivity (Wildman–Crippen MR) is 145 cm³/mol. The van der Waals surface area contributed by atoms with Gasteiger partial charge >= 0.3 is 12.2 Å². The Morgan fingerprint density at radius 2 is 1.88 bits per heavy atom. The Bertz CT molecular complexity index is 1650. The summed E-state index contributed by atoms with van der Waals surface area (Å²) >= 11 is 0. The number of pyridine rings is 1. The number of benzene rings is 1. The van der Waals surface area contributed by atoms with Crippen molar-refractivity contribution in [2.45, 2.75) is 51.9 Å². The van der Waals surface area contributed by atoms with Crippen molar-refractivity contribution < 1.29 is 33.4 Å². The molecule has 3 aromatic heterocycles. The highest BCUT2D eigenvalue weighted by molar-refractivity contribution is 6.12. The second kappa shape index (κ2) is 10.1. The van der Waals surface area contributed by atoms with Gasteiger partial charge in [0, 0.05) is 38.0 Å². The van der Waals surface area contributed by atoms with Crippen LogP contribution in [0, 0.1) is 0 Å². The van der Waals surface area contributed by atoms with Crippen LogP contribution in [-0.2, 0) is 37.5 Å². The van der Waals surface area contributed by atoms with Gasteiger partial charge in [0.25, 0.3) is 0 Å². The number of ether oxygens (including phenoxy) is 3. The van der Waals surface area contributed by atoms with Crippen molar-refractivity contribution in [2.24, 2.45) is 7.05 Å². The van der Waals surface area contributed by atoms with E-state index in [1.54, 1.807) is 40.2 Å². The highest BCUT2D eigenvalue weighted by Crippen LogP contribution is 2.33. The minimum atomic E-state index is -1.37. The van der Waals surface area contributed by atoms with E-state index >= 15 is 0 Å². The average Bonchev–Trinajstić information content (AvgIpc) is 3.59. The van der Waals surface area contributed by atoms with E-state index in [1.807, 2.05) is 35.9 Å². The fraction of sp³-hybridized carbons (Fsp3) is 0.357. The van der Waals surface area contributed by atoms with Crippen LogP contribution in [0.1, 0.15) is 39.2 Å². The summed E-state index contributed by atoms with van der Waals surface area (Å²) < 4.78 is 17.4. The molecule has 1 amide bonds. The van der Waals surface area contributed by atoms with Crippen LogP contribution in [0.3, 0.4) is 0 Å². The van der Waals surface area contributed by atoms with E-state index in [9.17, 15) is 19.2 Å². The molecule has 40 heavy (non-hydrogen) atoms. The lowest BCUT2D eigenvalue weighted by Gasteiger charge is -2.24. The fourth-order valence-corrected chi connectivity index (χ4v) is 4.51. The van der Waals surface area contributed by atoms with E-state index in [2.05, 4.69) is 9.97 Å². The number of aromatic nitrogens is 4. The number of fused-ring (bicyclic) bond motifs is 3. The molecule has 0 saturated heterocycles. The van der Waals surface area contributed by atoms with Crippen molar-refractivity contribution in [2.75, 3.05) is 11.9 Å². The number of anilines is 1. The van der Waals surface area contributed by atoms with E-state index < -0.39 is 35.5 Å². The SMILES string of the molecule is CN(C(=O)OC(C)(C)C)c1nc2[nH]c(-c3cccc(COC(=O)OC4C(=O)CCC4=O)c3)cc2c2c1ncn2C. The first-order valence-electron chi connectivity index (χ1n) is 12.7. The Hall–Kier alpha value is -4.74. The van der Waals surface area contributed by atoms with Crippen molar-refractivity contribution in [3.05, 3.63) is 42.2 Å². The third-order valence-electron chi connectivity index (χ3n) is 6.42. The van der Waals surface area contributed by atoms with E-state index in [0.29, 0.717) is 22.5 Å². The summed E-state index contributed by atoms with van der Waals surface area (Å²) in [5.41, 5.74) is 3.42. The first-order chi connectivity index (χ1) is 18.9. The van der Waals surface area contributed by atoms with Crippen LogP contribution in [-0.4, -0.2) is 62.1 Å². The van der Waals surface area contributed by atoms with E-state index in [1.165, 1.54) is 4.90 Å². The van der Waals surface area contributed by atoms with Gasteiger partial charge in [0.15, 0.2) is 17.4 Å². The number of nitrogens with zero attached hydrogens (tertiary/aromatic N) is 4. The molecular formula is C28H29N5O7. The van der Waals surface area contributed by atoms with Gasteiger partial charge in [-0.05, 0) is 44.0 Å². The Labute approximate surface area is 229 Å². The minimum Gasteiger partial charge on any atom is -0.443 e. The number of Topliss-reactive ketones (excluding diaryl/α,β-unsaturated/α-hetero) is 2. The molecule has 5 rings (SSSR count). The monoisotopic (exact) mass is 547 g/mol. The molecule has 3 heterocycles. The smallest absolute Gasteiger partial charge is 0.443 e. The van der Waals surface area contributed by atoms with Crippen molar-refractivity contribution in [3.8, 4) is 11.3 Å². The van der Waals surface area contributed by atoms with Crippen molar-refractivity contribution in [3.63, 3.8) is 0 Å². The molecule has 0 bridgehead atoms.